The minimum absolute atomic E-state index is 0.0729. The molecule has 24 heteroatoms. The van der Waals surface area contributed by atoms with Crippen LogP contribution in [0.1, 0.15) is 67.3 Å². The summed E-state index contributed by atoms with van der Waals surface area (Å²) >= 11 is 9.30. The van der Waals surface area contributed by atoms with Crippen LogP contribution in [0.25, 0.3) is 93.6 Å². The smallest absolute Gasteiger partial charge is 0.230 e. The number of phenols is 1. The molecule has 0 saturated carbocycles. The highest BCUT2D eigenvalue weighted by Gasteiger charge is 2.18. The molecule has 12 aromatic carbocycles. The van der Waals surface area contributed by atoms with E-state index in [4.69, 9.17) is 11.6 Å². The maximum absolute atomic E-state index is 13.3. The van der Waals surface area contributed by atoms with Crippen LogP contribution in [0.5, 0.6) is 5.75 Å². The molecule has 0 radical (unpaired) electrons. The van der Waals surface area contributed by atoms with E-state index >= 15 is 0 Å². The van der Waals surface area contributed by atoms with E-state index in [9.17, 15) is 46.2 Å². The summed E-state index contributed by atoms with van der Waals surface area (Å²) in [5, 5.41) is 21.3. The number of halogens is 7. The Morgan fingerprint density at radius 3 is 0.734 bits per heavy atom. The van der Waals surface area contributed by atoms with E-state index in [0.717, 1.165) is 60.1 Å². The lowest BCUT2D eigenvalue weighted by molar-refractivity contribution is -0.116. The van der Waals surface area contributed by atoms with Gasteiger partial charge in [0.2, 0.25) is 23.6 Å². The second-order valence-electron chi connectivity index (χ2n) is 28.4. The molecule has 0 aliphatic carbocycles. The molecular formula is C104H77BrClF5N12O5. The van der Waals surface area contributed by atoms with E-state index in [1.165, 1.54) is 79.0 Å². The standard InChI is InChI=1S/C26H19BrFN3O.C26H19ClFN3O.C26H19F2N3O.C26H20FN3O2/c3*27-21-11-6-19(7-12-21)16-25(32)31-26-23(15-8-18-4-2-1-3-5-18)30-24(17-29-26)20-9-13-22(28)14-10-20;27-21-11-9-20(10-12-21)24-17-28-26(23(29-24)15-8-18-4-2-1-3-5-18)30-25(32)16-19-6-13-22(31)14-7-19/h3*1-15,17H,16H2,(H,29,31,32);1-15,17,31H,16H2,(H,28,30,32)/b4*15-8+. The second kappa shape index (κ2) is 45.4. The molecule has 17 nitrogen and oxygen atoms in total. The van der Waals surface area contributed by atoms with Crippen molar-refractivity contribution in [2.75, 3.05) is 21.3 Å². The zero-order valence-electron chi connectivity index (χ0n) is 68.1. The molecule has 632 valence electrons. The fraction of sp³-hybridized carbons (Fsp3) is 0.0385. The third-order valence-electron chi connectivity index (χ3n) is 18.9. The number of aromatic nitrogens is 8. The SMILES string of the molecule is O=C(Cc1ccc(Br)cc1)Nc1ncc(-c2ccc(F)cc2)nc1/C=C/c1ccccc1.O=C(Cc1ccc(Cl)cc1)Nc1ncc(-c2ccc(F)cc2)nc1/C=C/c1ccccc1.O=C(Cc1ccc(F)cc1)Nc1ncc(-c2ccc(F)cc2)nc1/C=C/c1ccccc1.O=C(Cc1ccc(O)cc1)Nc1ncc(-c2ccc(F)cc2)nc1/C=C/c1ccccc1. The summed E-state index contributed by atoms with van der Waals surface area (Å²) in [4.78, 5) is 86.6. The molecule has 0 fully saturated rings. The van der Waals surface area contributed by atoms with Crippen molar-refractivity contribution in [1.82, 2.24) is 39.9 Å². The number of carbonyl (C=O) groups excluding carboxylic acids is 4. The molecule has 4 heterocycles. The predicted octanol–water partition coefficient (Wildman–Crippen LogP) is 23.8. The van der Waals surface area contributed by atoms with Gasteiger partial charge in [0, 0.05) is 31.7 Å². The van der Waals surface area contributed by atoms with Crippen molar-refractivity contribution < 1.29 is 46.2 Å². The number of phenolic OH excluding ortho intramolecular Hbond substituents is 1. The van der Waals surface area contributed by atoms with Crippen LogP contribution in [0.3, 0.4) is 0 Å². The Hall–Kier alpha value is -16.0. The Bertz CT molecular complexity index is 5760. The van der Waals surface area contributed by atoms with Gasteiger partial charge in [0.15, 0.2) is 23.3 Å². The average molecular weight is 1790 g/mol. The van der Waals surface area contributed by atoms with Gasteiger partial charge in [-0.05, 0) is 214 Å². The van der Waals surface area contributed by atoms with Crippen LogP contribution in [-0.2, 0) is 44.9 Å². The highest BCUT2D eigenvalue weighted by atomic mass is 79.9. The number of aromatic hydroxyl groups is 1. The van der Waals surface area contributed by atoms with Gasteiger partial charge in [0.25, 0.3) is 0 Å². The summed E-state index contributed by atoms with van der Waals surface area (Å²) in [6, 6.07) is 89.8. The van der Waals surface area contributed by atoms with Crippen LogP contribution in [0.2, 0.25) is 5.02 Å². The number of benzene rings is 12. The lowest BCUT2D eigenvalue weighted by Crippen LogP contribution is -2.16. The third-order valence-corrected chi connectivity index (χ3v) is 19.6. The third kappa shape index (κ3) is 28.0. The van der Waals surface area contributed by atoms with Gasteiger partial charge in [-0.25, -0.2) is 61.8 Å². The number of anilines is 4. The summed E-state index contributed by atoms with van der Waals surface area (Å²) in [6.45, 7) is 0. The first kappa shape index (κ1) is 89.8. The van der Waals surface area contributed by atoms with Gasteiger partial charge in [0.05, 0.1) is 73.2 Å². The van der Waals surface area contributed by atoms with Gasteiger partial charge < -0.3 is 26.4 Å². The first-order valence-corrected chi connectivity index (χ1v) is 41.1. The minimum Gasteiger partial charge on any atom is -0.508 e. The molecule has 0 saturated heterocycles. The van der Waals surface area contributed by atoms with Crippen molar-refractivity contribution in [2.45, 2.75) is 25.7 Å². The zero-order chi connectivity index (χ0) is 89.4. The number of hydrogen-bond donors (Lipinski definition) is 5. The van der Waals surface area contributed by atoms with E-state index in [1.54, 1.807) is 134 Å². The van der Waals surface area contributed by atoms with Gasteiger partial charge in [-0.15, -0.1) is 0 Å². The Labute approximate surface area is 748 Å². The molecule has 0 unspecified atom stereocenters. The van der Waals surface area contributed by atoms with E-state index in [0.29, 0.717) is 85.0 Å². The maximum Gasteiger partial charge on any atom is 0.230 e. The lowest BCUT2D eigenvalue weighted by Gasteiger charge is -2.10. The van der Waals surface area contributed by atoms with Crippen molar-refractivity contribution in [2.24, 2.45) is 0 Å². The van der Waals surface area contributed by atoms with Crippen LogP contribution in [-0.4, -0.2) is 68.6 Å². The first-order valence-electron chi connectivity index (χ1n) is 39.9. The Balaban J connectivity index is 0.000000146. The summed E-state index contributed by atoms with van der Waals surface area (Å²) < 4.78 is 67.2. The van der Waals surface area contributed by atoms with Crippen molar-refractivity contribution >= 4 is 123 Å². The van der Waals surface area contributed by atoms with Crippen LogP contribution in [0.15, 0.2) is 345 Å². The highest BCUT2D eigenvalue weighted by Crippen LogP contribution is 2.29. The number of carbonyl (C=O) groups is 4. The van der Waals surface area contributed by atoms with Gasteiger partial charge >= 0.3 is 0 Å². The van der Waals surface area contributed by atoms with E-state index in [2.05, 4.69) is 77.1 Å². The molecule has 4 amide bonds. The molecule has 5 N–H and O–H groups in total. The van der Waals surface area contributed by atoms with E-state index in [1.807, 2.05) is 176 Å². The molecular weight excluding hydrogens is 1710 g/mol. The molecule has 128 heavy (non-hydrogen) atoms. The number of hydrogen-bond acceptors (Lipinski definition) is 13. The van der Waals surface area contributed by atoms with Crippen molar-refractivity contribution in [3.8, 4) is 50.8 Å². The fourth-order valence-corrected chi connectivity index (χ4v) is 12.7. The topological polar surface area (TPSA) is 240 Å². The Kier molecular flexibility index (Phi) is 31.8. The van der Waals surface area contributed by atoms with Crippen molar-refractivity contribution in [1.29, 1.82) is 0 Å². The monoisotopic (exact) mass is 1780 g/mol. The summed E-state index contributed by atoms with van der Waals surface area (Å²) in [5.41, 5.74) is 14.2. The first-order chi connectivity index (χ1) is 62.3. The summed E-state index contributed by atoms with van der Waals surface area (Å²) in [5.74, 6) is -1.14. The van der Waals surface area contributed by atoms with E-state index in [-0.39, 0.29) is 84.1 Å². The second-order valence-corrected chi connectivity index (χ2v) is 29.8. The quantitative estimate of drug-likeness (QED) is 0.0354. The Morgan fingerprint density at radius 2 is 0.492 bits per heavy atom. The molecule has 4 aromatic heterocycles. The summed E-state index contributed by atoms with van der Waals surface area (Å²) in [6.07, 6.45) is 21.5. The summed E-state index contributed by atoms with van der Waals surface area (Å²) in [7, 11) is 0. The number of rotatable bonds is 24. The van der Waals surface area contributed by atoms with Crippen LogP contribution in [0, 0.1) is 29.1 Å². The van der Waals surface area contributed by atoms with Gasteiger partial charge in [-0.2, -0.15) is 0 Å². The average Bonchev–Trinajstić information content (AvgIpc) is 0.834. The molecule has 0 spiro atoms. The molecule has 0 aliphatic rings. The predicted molar refractivity (Wildman–Crippen MR) is 501 cm³/mol. The Morgan fingerprint density at radius 1 is 0.281 bits per heavy atom. The number of nitrogens with one attached hydrogen (secondary N) is 4. The normalized spacial score (nSPS) is 10.9. The van der Waals surface area contributed by atoms with Crippen LogP contribution >= 0.6 is 27.5 Å². The molecule has 0 atom stereocenters. The van der Waals surface area contributed by atoms with Crippen LogP contribution in [0.4, 0.5) is 45.2 Å². The number of amides is 4. The zero-order valence-corrected chi connectivity index (χ0v) is 70.4. The van der Waals surface area contributed by atoms with Crippen molar-refractivity contribution in [3.05, 3.63) is 446 Å². The molecule has 0 aliphatic heterocycles. The van der Waals surface area contributed by atoms with Crippen molar-refractivity contribution in [3.63, 3.8) is 0 Å². The van der Waals surface area contributed by atoms with Gasteiger partial charge in [0.1, 0.15) is 57.6 Å². The lowest BCUT2D eigenvalue weighted by atomic mass is 10.1. The molecule has 16 rings (SSSR count). The van der Waals surface area contributed by atoms with Gasteiger partial charge in [-0.3, -0.25) is 19.2 Å². The van der Waals surface area contributed by atoms with E-state index < -0.39 is 0 Å². The largest absolute Gasteiger partial charge is 0.508 e. The molecule has 0 bridgehead atoms. The van der Waals surface area contributed by atoms with Crippen LogP contribution < -0.4 is 21.3 Å². The maximum atomic E-state index is 13.3. The minimum atomic E-state index is -0.357. The molecule has 16 aromatic rings. The fourth-order valence-electron chi connectivity index (χ4n) is 12.3. The highest BCUT2D eigenvalue weighted by molar-refractivity contribution is 9.10. The number of nitrogens with zero attached hydrogens (tertiary/aromatic N) is 8. The van der Waals surface area contributed by atoms with Gasteiger partial charge in [-0.1, -0.05) is 222 Å².